The van der Waals surface area contributed by atoms with Crippen molar-refractivity contribution >= 4 is 25.7 Å². The largest absolute Gasteiger partial charge is 0.379 e. The van der Waals surface area contributed by atoms with Gasteiger partial charge in [-0.3, -0.25) is 4.31 Å². The molecule has 1 aliphatic rings. The Balaban J connectivity index is 2.07. The molecule has 28 heavy (non-hydrogen) atoms. The molecule has 0 amide bonds. The predicted octanol–water partition coefficient (Wildman–Crippen LogP) is 2.15. The zero-order valence-corrected chi connectivity index (χ0v) is 17.8. The maximum absolute atomic E-state index is 13.1. The first-order valence-electron chi connectivity index (χ1n) is 8.89. The zero-order chi connectivity index (χ0) is 20.5. The first kappa shape index (κ1) is 20.8. The van der Waals surface area contributed by atoms with Crippen LogP contribution in [0, 0.1) is 13.8 Å². The molecule has 0 spiro atoms. The minimum absolute atomic E-state index is 0.116. The lowest BCUT2D eigenvalue weighted by Gasteiger charge is -2.28. The Labute approximate surface area is 166 Å². The molecule has 2 aromatic carbocycles. The first-order chi connectivity index (χ1) is 13.2. The molecule has 0 bridgehead atoms. The van der Waals surface area contributed by atoms with Crippen molar-refractivity contribution < 1.29 is 21.6 Å². The van der Waals surface area contributed by atoms with Crippen molar-refractivity contribution in [2.45, 2.75) is 23.6 Å². The van der Waals surface area contributed by atoms with Crippen LogP contribution in [0.5, 0.6) is 0 Å². The van der Waals surface area contributed by atoms with E-state index in [1.807, 2.05) is 0 Å². The van der Waals surface area contributed by atoms with E-state index in [1.54, 1.807) is 38.1 Å². The van der Waals surface area contributed by atoms with E-state index < -0.39 is 20.0 Å². The van der Waals surface area contributed by atoms with Gasteiger partial charge in [-0.25, -0.2) is 16.8 Å². The number of aryl methyl sites for hydroxylation is 2. The molecule has 1 aliphatic heterocycles. The minimum atomic E-state index is -3.81. The maximum Gasteiger partial charge on any atom is 0.264 e. The monoisotopic (exact) mass is 424 g/mol. The number of hydrogen-bond acceptors (Lipinski definition) is 5. The highest BCUT2D eigenvalue weighted by Gasteiger charge is 2.30. The molecule has 2 aromatic rings. The smallest absolute Gasteiger partial charge is 0.264 e. The number of sulfonamides is 2. The van der Waals surface area contributed by atoms with Gasteiger partial charge in [0, 0.05) is 20.1 Å². The van der Waals surface area contributed by atoms with E-state index in [-0.39, 0.29) is 22.9 Å². The van der Waals surface area contributed by atoms with Gasteiger partial charge < -0.3 is 4.74 Å². The zero-order valence-electron chi connectivity index (χ0n) is 16.1. The molecule has 9 heteroatoms. The molecular formula is C19H24N2O5S2. The quantitative estimate of drug-likeness (QED) is 0.734. The molecule has 1 fully saturated rings. The van der Waals surface area contributed by atoms with Gasteiger partial charge in [-0.05, 0) is 43.2 Å². The van der Waals surface area contributed by atoms with E-state index in [1.165, 1.54) is 29.6 Å². The van der Waals surface area contributed by atoms with Crippen LogP contribution < -0.4 is 4.31 Å². The van der Waals surface area contributed by atoms with E-state index in [0.29, 0.717) is 30.0 Å². The summed E-state index contributed by atoms with van der Waals surface area (Å²) in [4.78, 5) is 0.264. The standard InChI is InChI=1S/C19H24N2O5S2/c1-15-13-16(2)19(28(24,25)21-9-11-26-12-10-21)14-18(15)20(3)27(22,23)17-7-5-4-6-8-17/h4-8,13-14H,9-12H2,1-3H3. The lowest BCUT2D eigenvalue weighted by molar-refractivity contribution is 0.0730. The predicted molar refractivity (Wildman–Crippen MR) is 108 cm³/mol. The average molecular weight is 425 g/mol. The number of benzene rings is 2. The Bertz CT molecular complexity index is 1060. The Morgan fingerprint density at radius 3 is 2.14 bits per heavy atom. The van der Waals surface area contributed by atoms with Crippen LogP contribution in [0.1, 0.15) is 11.1 Å². The second-order valence-corrected chi connectivity index (χ2v) is 10.6. The molecule has 0 unspecified atom stereocenters. The summed E-state index contributed by atoms with van der Waals surface area (Å²) in [5.41, 5.74) is 1.60. The van der Waals surface area contributed by atoms with Crippen LogP contribution >= 0.6 is 0 Å². The van der Waals surface area contributed by atoms with Gasteiger partial charge in [0.15, 0.2) is 0 Å². The second kappa shape index (κ2) is 7.82. The summed E-state index contributed by atoms with van der Waals surface area (Å²) < 4.78 is 60.0. The number of nitrogens with zero attached hydrogens (tertiary/aromatic N) is 2. The van der Waals surface area contributed by atoms with Crippen LogP contribution in [-0.2, 0) is 24.8 Å². The topological polar surface area (TPSA) is 84.0 Å². The van der Waals surface area contributed by atoms with Crippen LogP contribution in [-0.4, -0.2) is 54.5 Å². The van der Waals surface area contributed by atoms with Gasteiger partial charge >= 0.3 is 0 Å². The SMILES string of the molecule is Cc1cc(C)c(S(=O)(=O)N2CCOCC2)cc1N(C)S(=O)(=O)c1ccccc1. The van der Waals surface area contributed by atoms with Crippen molar-refractivity contribution in [3.8, 4) is 0 Å². The first-order valence-corrected chi connectivity index (χ1v) is 11.8. The Hall–Kier alpha value is -1.94. The third-order valence-corrected chi connectivity index (χ3v) is 8.65. The van der Waals surface area contributed by atoms with E-state index in [2.05, 4.69) is 0 Å². The molecule has 0 radical (unpaired) electrons. The van der Waals surface area contributed by atoms with Gasteiger partial charge in [0.2, 0.25) is 10.0 Å². The van der Waals surface area contributed by atoms with Crippen LogP contribution in [0.4, 0.5) is 5.69 Å². The molecule has 152 valence electrons. The van der Waals surface area contributed by atoms with Gasteiger partial charge in [0.25, 0.3) is 10.0 Å². The fourth-order valence-electron chi connectivity index (χ4n) is 3.24. The minimum Gasteiger partial charge on any atom is -0.379 e. The highest BCUT2D eigenvalue weighted by Crippen LogP contribution is 2.31. The van der Waals surface area contributed by atoms with Crippen molar-refractivity contribution in [2.24, 2.45) is 0 Å². The van der Waals surface area contributed by atoms with Crippen LogP contribution in [0.3, 0.4) is 0 Å². The Morgan fingerprint density at radius 1 is 0.929 bits per heavy atom. The molecule has 3 rings (SSSR count). The molecule has 0 saturated carbocycles. The van der Waals surface area contributed by atoms with E-state index in [9.17, 15) is 16.8 Å². The highest BCUT2D eigenvalue weighted by molar-refractivity contribution is 7.92. The van der Waals surface area contributed by atoms with E-state index in [0.717, 1.165) is 4.31 Å². The van der Waals surface area contributed by atoms with Crippen LogP contribution in [0.15, 0.2) is 52.3 Å². The van der Waals surface area contributed by atoms with Gasteiger partial charge in [0.05, 0.1) is 28.7 Å². The molecule has 0 atom stereocenters. The number of hydrogen-bond donors (Lipinski definition) is 0. The maximum atomic E-state index is 13.1. The van der Waals surface area contributed by atoms with Crippen molar-refractivity contribution in [2.75, 3.05) is 37.7 Å². The number of anilines is 1. The molecule has 1 saturated heterocycles. The molecular weight excluding hydrogens is 400 g/mol. The number of rotatable bonds is 5. The molecule has 7 nitrogen and oxygen atoms in total. The van der Waals surface area contributed by atoms with Crippen molar-refractivity contribution in [3.05, 3.63) is 53.6 Å². The normalized spacial score (nSPS) is 16.1. The fourth-order valence-corrected chi connectivity index (χ4v) is 6.15. The van der Waals surface area contributed by atoms with Crippen LogP contribution in [0.2, 0.25) is 0 Å². The summed E-state index contributed by atoms with van der Waals surface area (Å²) in [7, 11) is -6.12. The van der Waals surface area contributed by atoms with Crippen molar-refractivity contribution in [1.29, 1.82) is 0 Å². The molecule has 0 aromatic heterocycles. The third-order valence-electron chi connectivity index (χ3n) is 4.82. The van der Waals surface area contributed by atoms with Gasteiger partial charge in [-0.1, -0.05) is 24.3 Å². The lowest BCUT2D eigenvalue weighted by atomic mass is 10.1. The van der Waals surface area contributed by atoms with Crippen molar-refractivity contribution in [1.82, 2.24) is 4.31 Å². The molecule has 1 heterocycles. The lowest BCUT2D eigenvalue weighted by Crippen LogP contribution is -2.41. The summed E-state index contributed by atoms with van der Waals surface area (Å²) in [6.45, 7) is 4.74. The highest BCUT2D eigenvalue weighted by atomic mass is 32.2. The number of ether oxygens (including phenoxy) is 1. The fraction of sp³-hybridized carbons (Fsp3) is 0.368. The van der Waals surface area contributed by atoms with Gasteiger partial charge in [-0.15, -0.1) is 0 Å². The summed E-state index contributed by atoms with van der Waals surface area (Å²) >= 11 is 0. The number of morpholine rings is 1. The van der Waals surface area contributed by atoms with Crippen LogP contribution in [0.25, 0.3) is 0 Å². The van der Waals surface area contributed by atoms with Gasteiger partial charge in [0.1, 0.15) is 0 Å². The van der Waals surface area contributed by atoms with Gasteiger partial charge in [-0.2, -0.15) is 4.31 Å². The average Bonchev–Trinajstić information content (AvgIpc) is 2.68. The molecule has 0 aliphatic carbocycles. The Morgan fingerprint density at radius 2 is 1.54 bits per heavy atom. The second-order valence-electron chi connectivity index (χ2n) is 6.71. The van der Waals surface area contributed by atoms with E-state index >= 15 is 0 Å². The summed E-state index contributed by atoms with van der Waals surface area (Å²) in [5.74, 6) is 0. The summed E-state index contributed by atoms with van der Waals surface area (Å²) in [6.07, 6.45) is 0. The summed E-state index contributed by atoms with van der Waals surface area (Å²) in [5, 5.41) is 0. The Kier molecular flexibility index (Phi) is 5.81. The van der Waals surface area contributed by atoms with E-state index in [4.69, 9.17) is 4.74 Å². The summed E-state index contributed by atoms with van der Waals surface area (Å²) in [6, 6.07) is 11.2. The third kappa shape index (κ3) is 3.80. The van der Waals surface area contributed by atoms with Crippen molar-refractivity contribution in [3.63, 3.8) is 0 Å². The molecule has 0 N–H and O–H groups in total.